The van der Waals surface area contributed by atoms with Crippen molar-refractivity contribution in [2.24, 2.45) is 0 Å². The highest BCUT2D eigenvalue weighted by Gasteiger charge is 2.23. The van der Waals surface area contributed by atoms with E-state index in [2.05, 4.69) is 26.6 Å². The number of aromatic amines is 2. The van der Waals surface area contributed by atoms with Crippen molar-refractivity contribution in [1.82, 2.24) is 24.9 Å². The lowest BCUT2D eigenvalue weighted by molar-refractivity contribution is 0.0913. The van der Waals surface area contributed by atoms with Crippen molar-refractivity contribution >= 4 is 22.5 Å². The maximum absolute atomic E-state index is 12.7. The van der Waals surface area contributed by atoms with E-state index in [1.165, 1.54) is 4.40 Å². The summed E-state index contributed by atoms with van der Waals surface area (Å²) in [6, 6.07) is 11.3. The maximum Gasteiger partial charge on any atom is 0.347 e. The zero-order valence-corrected chi connectivity index (χ0v) is 14.5. The Balaban J connectivity index is 1.55. The fourth-order valence-electron chi connectivity index (χ4n) is 3.22. The number of nitrogens with one attached hydrogen (secondary N) is 3. The van der Waals surface area contributed by atoms with E-state index < -0.39 is 5.54 Å². The number of fused-ring (bicyclic) bond motifs is 2. The van der Waals surface area contributed by atoms with Gasteiger partial charge in [0.1, 0.15) is 0 Å². The summed E-state index contributed by atoms with van der Waals surface area (Å²) in [6.07, 6.45) is 4.22. The maximum atomic E-state index is 12.7. The molecule has 4 rings (SSSR count). The lowest BCUT2D eigenvalue weighted by Gasteiger charge is -2.26. The lowest BCUT2D eigenvalue weighted by atomic mass is 9.94. The van der Waals surface area contributed by atoms with Crippen molar-refractivity contribution in [3.05, 3.63) is 70.4 Å². The third kappa shape index (κ3) is 2.88. The normalized spacial score (nSPS) is 11.9. The van der Waals surface area contributed by atoms with E-state index in [0.29, 0.717) is 17.6 Å². The smallest absolute Gasteiger partial charge is 0.347 e. The molecule has 7 nitrogen and oxygen atoms in total. The summed E-state index contributed by atoms with van der Waals surface area (Å²) in [5, 5.41) is 10.5. The highest BCUT2D eigenvalue weighted by molar-refractivity contribution is 5.95. The van der Waals surface area contributed by atoms with Crippen LogP contribution in [0.25, 0.3) is 16.6 Å². The Bertz CT molecular complexity index is 1170. The van der Waals surface area contributed by atoms with E-state index in [4.69, 9.17) is 0 Å². The number of nitrogens with zero attached hydrogens (tertiary/aromatic N) is 2. The molecule has 0 saturated heterocycles. The molecule has 1 amide bonds. The molecule has 0 fully saturated rings. The molecule has 0 saturated carbocycles. The first-order valence-corrected chi connectivity index (χ1v) is 8.37. The number of hydrogen-bond acceptors (Lipinski definition) is 3. The van der Waals surface area contributed by atoms with Crippen LogP contribution < -0.4 is 11.0 Å². The monoisotopic (exact) mass is 349 g/mol. The van der Waals surface area contributed by atoms with Gasteiger partial charge in [-0.1, -0.05) is 18.2 Å². The van der Waals surface area contributed by atoms with Crippen LogP contribution in [-0.2, 0) is 6.42 Å². The second kappa shape index (κ2) is 5.87. The summed E-state index contributed by atoms with van der Waals surface area (Å²) in [5.41, 5.74) is 2.34. The molecule has 0 aliphatic rings. The van der Waals surface area contributed by atoms with Crippen molar-refractivity contribution < 1.29 is 4.79 Å². The summed E-state index contributed by atoms with van der Waals surface area (Å²) in [4.78, 5) is 27.4. The predicted molar refractivity (Wildman–Crippen MR) is 99.4 cm³/mol. The number of amides is 1. The molecule has 3 N–H and O–H groups in total. The molecule has 4 aromatic rings. The number of benzene rings is 1. The zero-order valence-electron chi connectivity index (χ0n) is 14.5. The summed E-state index contributed by atoms with van der Waals surface area (Å²) >= 11 is 0. The number of hydrogen-bond donors (Lipinski definition) is 3. The second-order valence-corrected chi connectivity index (χ2v) is 7.05. The summed E-state index contributed by atoms with van der Waals surface area (Å²) < 4.78 is 1.36. The molecule has 3 aromatic heterocycles. The Morgan fingerprint density at radius 3 is 2.92 bits per heavy atom. The first kappa shape index (κ1) is 16.1. The molecular weight excluding hydrogens is 330 g/mol. The van der Waals surface area contributed by atoms with Gasteiger partial charge in [0.15, 0.2) is 5.65 Å². The van der Waals surface area contributed by atoms with Crippen LogP contribution in [0.2, 0.25) is 0 Å². The van der Waals surface area contributed by atoms with Crippen molar-refractivity contribution in [2.45, 2.75) is 25.8 Å². The number of carbonyl (C=O) groups is 1. The molecule has 0 aliphatic heterocycles. The predicted octanol–water partition coefficient (Wildman–Crippen LogP) is 2.25. The summed E-state index contributed by atoms with van der Waals surface area (Å²) in [5.74, 6) is -0.201. The third-order valence-corrected chi connectivity index (χ3v) is 4.44. The van der Waals surface area contributed by atoms with E-state index in [1.807, 2.05) is 38.2 Å². The molecular formula is C19H19N5O2. The number of aromatic nitrogens is 4. The first-order valence-electron chi connectivity index (χ1n) is 8.37. The van der Waals surface area contributed by atoms with E-state index in [1.54, 1.807) is 18.3 Å². The van der Waals surface area contributed by atoms with Gasteiger partial charge in [0, 0.05) is 34.4 Å². The zero-order chi connectivity index (χ0) is 18.3. The molecule has 132 valence electrons. The lowest BCUT2D eigenvalue weighted by Crippen LogP contribution is -2.45. The van der Waals surface area contributed by atoms with Gasteiger partial charge in [0.25, 0.3) is 5.91 Å². The highest BCUT2D eigenvalue weighted by atomic mass is 16.2. The Morgan fingerprint density at radius 2 is 2.08 bits per heavy atom. The van der Waals surface area contributed by atoms with Crippen LogP contribution in [0.3, 0.4) is 0 Å². The van der Waals surface area contributed by atoms with E-state index in [0.717, 1.165) is 16.5 Å². The molecule has 0 bridgehead atoms. The first-order chi connectivity index (χ1) is 12.4. The topological polar surface area (TPSA) is 95.0 Å². The molecule has 0 atom stereocenters. The van der Waals surface area contributed by atoms with Gasteiger partial charge in [-0.15, -0.1) is 0 Å². The van der Waals surface area contributed by atoms with Crippen LogP contribution in [0.5, 0.6) is 0 Å². The summed E-state index contributed by atoms with van der Waals surface area (Å²) in [6.45, 7) is 3.98. The van der Waals surface area contributed by atoms with Gasteiger partial charge >= 0.3 is 5.69 Å². The highest BCUT2D eigenvalue weighted by Crippen LogP contribution is 2.22. The van der Waals surface area contributed by atoms with Crippen molar-refractivity contribution in [1.29, 1.82) is 0 Å². The van der Waals surface area contributed by atoms with Gasteiger partial charge < -0.3 is 10.3 Å². The van der Waals surface area contributed by atoms with Crippen molar-refractivity contribution in [2.75, 3.05) is 0 Å². The van der Waals surface area contributed by atoms with Crippen molar-refractivity contribution in [3.63, 3.8) is 0 Å². The van der Waals surface area contributed by atoms with Gasteiger partial charge in [-0.2, -0.15) is 5.10 Å². The van der Waals surface area contributed by atoms with Gasteiger partial charge in [-0.25, -0.2) is 9.89 Å². The summed E-state index contributed by atoms with van der Waals surface area (Å²) in [7, 11) is 0. The van der Waals surface area contributed by atoms with Gasteiger partial charge in [0.2, 0.25) is 0 Å². The van der Waals surface area contributed by atoms with Crippen LogP contribution in [-0.4, -0.2) is 31.0 Å². The Labute approximate surface area is 149 Å². The van der Waals surface area contributed by atoms with Gasteiger partial charge in [0.05, 0.1) is 0 Å². The molecule has 0 aliphatic carbocycles. The molecule has 0 radical (unpaired) electrons. The Hall–Kier alpha value is -3.35. The van der Waals surface area contributed by atoms with Crippen LogP contribution in [0, 0.1) is 0 Å². The largest absolute Gasteiger partial charge is 0.361 e. The fourth-order valence-corrected chi connectivity index (χ4v) is 3.22. The third-order valence-electron chi connectivity index (χ3n) is 4.44. The van der Waals surface area contributed by atoms with E-state index >= 15 is 0 Å². The van der Waals surface area contributed by atoms with Crippen LogP contribution >= 0.6 is 0 Å². The minimum atomic E-state index is -0.445. The molecule has 0 spiro atoms. The van der Waals surface area contributed by atoms with E-state index in [9.17, 15) is 9.59 Å². The quantitative estimate of drug-likeness (QED) is 0.527. The number of rotatable bonds is 4. The minimum Gasteiger partial charge on any atom is -0.361 e. The van der Waals surface area contributed by atoms with Gasteiger partial charge in [-0.3, -0.25) is 9.20 Å². The van der Waals surface area contributed by atoms with E-state index in [-0.39, 0.29) is 11.6 Å². The molecule has 26 heavy (non-hydrogen) atoms. The standard InChI is InChI=1S/C19H19N5O2/c1-19(2,10-13-11-20-15-6-4-3-5-14(13)15)21-17(25)12-7-8-24-16(9-12)22-23-18(24)26/h3-9,11,20H,10H2,1-2H3,(H,21,25)(H,23,26). The second-order valence-electron chi connectivity index (χ2n) is 7.05. The Kier molecular flexibility index (Phi) is 3.64. The van der Waals surface area contributed by atoms with Crippen LogP contribution in [0.4, 0.5) is 0 Å². The Morgan fingerprint density at radius 1 is 1.27 bits per heavy atom. The SMILES string of the molecule is CC(C)(Cc1c[nH]c2ccccc12)NC(=O)c1ccn2c(=O)[nH]nc2c1. The molecule has 1 aromatic carbocycles. The van der Waals surface area contributed by atoms with Gasteiger partial charge in [-0.05, 0) is 44.0 Å². The van der Waals surface area contributed by atoms with Crippen LogP contribution in [0.1, 0.15) is 29.8 Å². The molecule has 3 heterocycles. The average molecular weight is 349 g/mol. The number of pyridine rings is 1. The van der Waals surface area contributed by atoms with Crippen molar-refractivity contribution in [3.8, 4) is 0 Å². The number of para-hydroxylation sites is 1. The fraction of sp³-hybridized carbons (Fsp3) is 0.211. The minimum absolute atomic E-state index is 0.201. The van der Waals surface area contributed by atoms with Crippen LogP contribution in [0.15, 0.2) is 53.6 Å². The number of H-pyrrole nitrogens is 2. The average Bonchev–Trinajstić information content (AvgIpc) is 3.18. The molecule has 0 unspecified atom stereocenters. The number of carbonyl (C=O) groups excluding carboxylic acids is 1. The molecule has 7 heteroatoms.